The van der Waals surface area contributed by atoms with Crippen LogP contribution in [0.5, 0.6) is 0 Å². The number of nitrogens with two attached hydrogens (primary N) is 1. The van der Waals surface area contributed by atoms with Crippen molar-refractivity contribution >= 4 is 5.82 Å². The van der Waals surface area contributed by atoms with Crippen molar-refractivity contribution in [3.05, 3.63) is 23.9 Å². The number of pyridine rings is 1. The van der Waals surface area contributed by atoms with Crippen molar-refractivity contribution < 1.29 is 5.11 Å². The number of nitrogens with zero attached hydrogens (tertiary/aromatic N) is 2. The number of nitrogen functional groups attached to an aromatic ring is 1. The van der Waals surface area contributed by atoms with E-state index in [1.165, 1.54) is 0 Å². The fraction of sp³-hybridized carbons (Fsp3) is 0.667. The van der Waals surface area contributed by atoms with Gasteiger partial charge in [-0.05, 0) is 32.0 Å². The molecule has 0 spiro atoms. The first-order valence-corrected chi connectivity index (χ1v) is 7.20. The first-order valence-electron chi connectivity index (χ1n) is 7.20. The lowest BCUT2D eigenvalue weighted by Crippen LogP contribution is -2.52. The summed E-state index contributed by atoms with van der Waals surface area (Å²) in [4.78, 5) is 6.42. The molecule has 0 saturated carbocycles. The molecule has 1 heterocycles. The summed E-state index contributed by atoms with van der Waals surface area (Å²) in [5, 5.41) is 10.9. The zero-order chi connectivity index (χ0) is 14.5. The third-order valence-corrected chi connectivity index (χ3v) is 4.29. The summed E-state index contributed by atoms with van der Waals surface area (Å²) in [5.74, 6) is 0.424. The summed E-state index contributed by atoms with van der Waals surface area (Å²) in [6.07, 6.45) is 2.79. The first kappa shape index (κ1) is 15.9. The molecule has 1 aromatic rings. The number of hydrogen-bond acceptors (Lipinski definition) is 4. The Hall–Kier alpha value is -1.13. The second kappa shape index (κ2) is 6.87. The molecular weight excluding hydrogens is 238 g/mol. The van der Waals surface area contributed by atoms with Gasteiger partial charge in [-0.3, -0.25) is 4.90 Å². The van der Waals surface area contributed by atoms with Crippen LogP contribution in [0.1, 0.15) is 52.2 Å². The molecular formula is C15H27N3O. The van der Waals surface area contributed by atoms with Gasteiger partial charge in [0, 0.05) is 11.8 Å². The summed E-state index contributed by atoms with van der Waals surface area (Å²) in [7, 11) is 0. The van der Waals surface area contributed by atoms with Crippen molar-refractivity contribution in [1.29, 1.82) is 0 Å². The Balaban J connectivity index is 3.22. The summed E-state index contributed by atoms with van der Waals surface area (Å²) in [6, 6.07) is 3.70. The number of aromatic nitrogens is 1. The van der Waals surface area contributed by atoms with Crippen molar-refractivity contribution in [2.24, 2.45) is 0 Å². The number of rotatable bonds is 7. The van der Waals surface area contributed by atoms with Crippen LogP contribution >= 0.6 is 0 Å². The first-order chi connectivity index (χ1) is 9.07. The fourth-order valence-electron chi connectivity index (χ4n) is 3.06. The molecule has 1 rings (SSSR count). The van der Waals surface area contributed by atoms with Crippen LogP contribution in [0.4, 0.5) is 5.82 Å². The number of aliphatic hydroxyl groups is 1. The zero-order valence-corrected chi connectivity index (χ0v) is 12.6. The lowest BCUT2D eigenvalue weighted by molar-refractivity contribution is -0.0363. The molecule has 0 radical (unpaired) electrons. The molecule has 0 aliphatic carbocycles. The average Bonchev–Trinajstić information content (AvgIpc) is 2.44. The normalized spacial score (nSPS) is 13.8. The van der Waals surface area contributed by atoms with Gasteiger partial charge in [0.05, 0.1) is 5.54 Å². The summed E-state index contributed by atoms with van der Waals surface area (Å²) in [5.41, 5.74) is 6.38. The number of anilines is 1. The van der Waals surface area contributed by atoms with E-state index in [1.54, 1.807) is 6.20 Å². The SMILES string of the molecule is CCN(CC)C(CC)(CC)C(O)c1cccnc1N. The molecule has 108 valence electrons. The standard InChI is InChI=1S/C15H27N3O/c1-5-15(6-2,18(7-3)8-4)13(19)12-10-9-11-17-14(12)16/h9-11,13,19H,5-8H2,1-4H3,(H2,16,17). The Morgan fingerprint density at radius 1 is 1.26 bits per heavy atom. The quantitative estimate of drug-likeness (QED) is 0.795. The highest BCUT2D eigenvalue weighted by Crippen LogP contribution is 2.38. The molecule has 1 aromatic heterocycles. The summed E-state index contributed by atoms with van der Waals surface area (Å²) < 4.78 is 0. The summed E-state index contributed by atoms with van der Waals surface area (Å²) in [6.45, 7) is 10.3. The molecule has 3 N–H and O–H groups in total. The third-order valence-electron chi connectivity index (χ3n) is 4.29. The fourth-order valence-corrected chi connectivity index (χ4v) is 3.06. The van der Waals surface area contributed by atoms with E-state index in [2.05, 4.69) is 37.6 Å². The van der Waals surface area contributed by atoms with E-state index >= 15 is 0 Å². The number of aliphatic hydroxyl groups excluding tert-OH is 1. The molecule has 4 heteroatoms. The molecule has 1 atom stereocenters. The predicted molar refractivity (Wildman–Crippen MR) is 79.8 cm³/mol. The maximum absolute atomic E-state index is 10.9. The van der Waals surface area contributed by atoms with Crippen LogP contribution < -0.4 is 5.73 Å². The Bertz CT molecular complexity index is 387. The van der Waals surface area contributed by atoms with E-state index in [-0.39, 0.29) is 5.54 Å². The van der Waals surface area contributed by atoms with Crippen LogP contribution in [0.25, 0.3) is 0 Å². The third kappa shape index (κ3) is 2.90. The molecule has 19 heavy (non-hydrogen) atoms. The minimum Gasteiger partial charge on any atom is -0.386 e. The zero-order valence-electron chi connectivity index (χ0n) is 12.6. The van der Waals surface area contributed by atoms with Gasteiger partial charge < -0.3 is 10.8 Å². The van der Waals surface area contributed by atoms with Crippen LogP contribution in [0, 0.1) is 0 Å². The van der Waals surface area contributed by atoms with Gasteiger partial charge in [-0.15, -0.1) is 0 Å². The second-order valence-electron chi connectivity index (χ2n) is 4.86. The van der Waals surface area contributed by atoms with Gasteiger partial charge in [-0.1, -0.05) is 33.8 Å². The van der Waals surface area contributed by atoms with Crippen LogP contribution in [-0.2, 0) is 0 Å². The Morgan fingerprint density at radius 2 is 1.84 bits per heavy atom. The monoisotopic (exact) mass is 265 g/mol. The van der Waals surface area contributed by atoms with E-state index < -0.39 is 6.10 Å². The van der Waals surface area contributed by atoms with Crippen molar-refractivity contribution in [3.63, 3.8) is 0 Å². The smallest absolute Gasteiger partial charge is 0.129 e. The highest BCUT2D eigenvalue weighted by atomic mass is 16.3. The number of hydrogen-bond donors (Lipinski definition) is 2. The van der Waals surface area contributed by atoms with Crippen LogP contribution in [0.2, 0.25) is 0 Å². The lowest BCUT2D eigenvalue weighted by Gasteiger charge is -2.46. The average molecular weight is 265 g/mol. The van der Waals surface area contributed by atoms with Crippen LogP contribution in [0.15, 0.2) is 18.3 Å². The molecule has 0 aliphatic rings. The largest absolute Gasteiger partial charge is 0.386 e. The van der Waals surface area contributed by atoms with Gasteiger partial charge in [0.25, 0.3) is 0 Å². The van der Waals surface area contributed by atoms with Crippen molar-refractivity contribution in [2.75, 3.05) is 18.8 Å². The van der Waals surface area contributed by atoms with E-state index in [4.69, 9.17) is 5.73 Å². The van der Waals surface area contributed by atoms with Crippen molar-refractivity contribution in [3.8, 4) is 0 Å². The topological polar surface area (TPSA) is 62.4 Å². The molecule has 0 bridgehead atoms. The maximum Gasteiger partial charge on any atom is 0.129 e. The minimum absolute atomic E-state index is 0.277. The highest BCUT2D eigenvalue weighted by molar-refractivity contribution is 5.41. The van der Waals surface area contributed by atoms with Crippen LogP contribution in [-0.4, -0.2) is 33.6 Å². The highest BCUT2D eigenvalue weighted by Gasteiger charge is 2.40. The van der Waals surface area contributed by atoms with Crippen molar-refractivity contribution in [2.45, 2.75) is 52.2 Å². The molecule has 1 unspecified atom stereocenters. The van der Waals surface area contributed by atoms with Gasteiger partial charge >= 0.3 is 0 Å². The minimum atomic E-state index is -0.615. The van der Waals surface area contributed by atoms with Crippen LogP contribution in [0.3, 0.4) is 0 Å². The molecule has 0 amide bonds. The van der Waals surface area contributed by atoms with Gasteiger partial charge in [0.1, 0.15) is 11.9 Å². The van der Waals surface area contributed by atoms with E-state index in [9.17, 15) is 5.11 Å². The van der Waals surface area contributed by atoms with Gasteiger partial charge in [-0.2, -0.15) is 0 Å². The summed E-state index contributed by atoms with van der Waals surface area (Å²) >= 11 is 0. The van der Waals surface area contributed by atoms with E-state index in [0.717, 1.165) is 31.5 Å². The molecule has 4 nitrogen and oxygen atoms in total. The Kier molecular flexibility index (Phi) is 5.76. The molecule has 0 aromatic carbocycles. The van der Waals surface area contributed by atoms with Crippen molar-refractivity contribution in [1.82, 2.24) is 9.88 Å². The molecule has 0 fully saturated rings. The second-order valence-corrected chi connectivity index (χ2v) is 4.86. The van der Waals surface area contributed by atoms with Gasteiger partial charge in [-0.25, -0.2) is 4.98 Å². The van der Waals surface area contributed by atoms with Gasteiger partial charge in [0.15, 0.2) is 0 Å². The van der Waals surface area contributed by atoms with E-state index in [0.29, 0.717) is 5.82 Å². The Labute approximate surface area is 116 Å². The lowest BCUT2D eigenvalue weighted by atomic mass is 9.81. The van der Waals surface area contributed by atoms with E-state index in [1.807, 2.05) is 12.1 Å². The Morgan fingerprint density at radius 3 is 2.26 bits per heavy atom. The number of likely N-dealkylation sites (N-methyl/N-ethyl adjacent to an activating group) is 1. The van der Waals surface area contributed by atoms with Gasteiger partial charge in [0.2, 0.25) is 0 Å². The molecule has 0 saturated heterocycles. The molecule has 0 aliphatic heterocycles. The predicted octanol–water partition coefficient (Wildman–Crippen LogP) is 2.60. The maximum atomic E-state index is 10.9.